The average Bonchev–Trinajstić information content (AvgIpc) is 2.58. The molecule has 0 saturated carbocycles. The van der Waals surface area contributed by atoms with Crippen molar-refractivity contribution in [1.82, 2.24) is 18.3 Å². The summed E-state index contributed by atoms with van der Waals surface area (Å²) in [5.74, 6) is 0.852. The van der Waals surface area contributed by atoms with Crippen LogP contribution in [0.5, 0.6) is 0 Å². The second kappa shape index (κ2) is 5.25. The van der Waals surface area contributed by atoms with Crippen LogP contribution in [0.1, 0.15) is 5.56 Å². The van der Waals surface area contributed by atoms with E-state index in [0.717, 1.165) is 9.13 Å². The van der Waals surface area contributed by atoms with E-state index in [4.69, 9.17) is 0 Å². The smallest absolute Gasteiger partial charge is 0.332 e. The lowest BCUT2D eigenvalue weighted by Gasteiger charge is -2.32. The third kappa shape index (κ3) is 2.10. The molecule has 0 bridgehead atoms. The average molecular weight is 334 g/mol. The minimum atomic E-state index is -0.448. The van der Waals surface area contributed by atoms with Crippen LogP contribution in [0.4, 0.5) is 11.6 Å². The first kappa shape index (κ1) is 15.8. The van der Waals surface area contributed by atoms with Gasteiger partial charge < -0.3 is 10.2 Å². The van der Waals surface area contributed by atoms with E-state index in [-0.39, 0.29) is 13.2 Å². The van der Waals surface area contributed by atoms with E-state index in [2.05, 4.69) is 5.32 Å². The van der Waals surface area contributed by atoms with Gasteiger partial charge in [-0.05, 0) is 0 Å². The summed E-state index contributed by atoms with van der Waals surface area (Å²) in [6.07, 6.45) is 0. The molecule has 2 aromatic heterocycles. The quantitative estimate of drug-likeness (QED) is 0.639. The van der Waals surface area contributed by atoms with Gasteiger partial charge >= 0.3 is 11.4 Å². The minimum Gasteiger partial charge on any atom is -0.353 e. The van der Waals surface area contributed by atoms with Crippen LogP contribution in [0.25, 0.3) is 0 Å². The fraction of sp³-hybridized carbons (Fsp3) is 0.429. The molecule has 0 aromatic carbocycles. The van der Waals surface area contributed by atoms with E-state index in [9.17, 15) is 19.2 Å². The fourth-order valence-corrected chi connectivity index (χ4v) is 2.89. The van der Waals surface area contributed by atoms with E-state index in [0.29, 0.717) is 17.2 Å². The molecule has 10 nitrogen and oxygen atoms in total. The van der Waals surface area contributed by atoms with Crippen molar-refractivity contribution in [3.63, 3.8) is 0 Å². The molecule has 0 fully saturated rings. The van der Waals surface area contributed by atoms with Crippen molar-refractivity contribution in [2.75, 3.05) is 16.9 Å². The van der Waals surface area contributed by atoms with Crippen LogP contribution in [0.15, 0.2) is 25.2 Å². The maximum atomic E-state index is 12.4. The lowest BCUT2D eigenvalue weighted by Crippen LogP contribution is -2.48. The molecule has 10 heteroatoms. The van der Waals surface area contributed by atoms with Crippen LogP contribution in [-0.4, -0.2) is 24.9 Å². The number of aromatic nitrogens is 4. The second-order valence-corrected chi connectivity index (χ2v) is 5.81. The van der Waals surface area contributed by atoms with Crippen molar-refractivity contribution in [2.45, 2.75) is 6.54 Å². The van der Waals surface area contributed by atoms with E-state index in [1.165, 1.54) is 29.3 Å². The Kier molecular flexibility index (Phi) is 3.47. The van der Waals surface area contributed by atoms with Crippen molar-refractivity contribution in [3.8, 4) is 0 Å². The molecule has 3 rings (SSSR count). The van der Waals surface area contributed by atoms with Gasteiger partial charge in [0.1, 0.15) is 11.6 Å². The lowest BCUT2D eigenvalue weighted by molar-refractivity contribution is 0.624. The number of nitrogens with one attached hydrogen (secondary N) is 1. The Morgan fingerprint density at radius 2 is 1.50 bits per heavy atom. The molecule has 0 aliphatic carbocycles. The number of hydrogen-bond donors (Lipinski definition) is 1. The van der Waals surface area contributed by atoms with Gasteiger partial charge in [0.2, 0.25) is 0 Å². The molecule has 0 saturated heterocycles. The molecule has 1 N–H and O–H groups in total. The summed E-state index contributed by atoms with van der Waals surface area (Å²) in [5, 5.41) is 3.02. The number of hydrogen-bond acceptors (Lipinski definition) is 6. The number of nitrogens with zero attached hydrogens (tertiary/aromatic N) is 5. The highest BCUT2D eigenvalue weighted by Crippen LogP contribution is 2.20. The predicted octanol–water partition coefficient (Wildman–Crippen LogP) is -2.13. The fourth-order valence-electron chi connectivity index (χ4n) is 2.89. The summed E-state index contributed by atoms with van der Waals surface area (Å²) in [4.78, 5) is 50.1. The third-order valence-corrected chi connectivity index (χ3v) is 4.37. The molecule has 1 aliphatic heterocycles. The topological polar surface area (TPSA) is 103 Å². The Bertz CT molecular complexity index is 1070. The maximum Gasteiger partial charge on any atom is 0.332 e. The molecule has 128 valence electrons. The van der Waals surface area contributed by atoms with E-state index in [1.54, 1.807) is 19.0 Å². The summed E-state index contributed by atoms with van der Waals surface area (Å²) >= 11 is 0. The number of fused-ring (bicyclic) bond motifs is 1. The van der Waals surface area contributed by atoms with E-state index in [1.807, 2.05) is 0 Å². The summed E-state index contributed by atoms with van der Waals surface area (Å²) in [5.41, 5.74) is -1.29. The van der Waals surface area contributed by atoms with Gasteiger partial charge in [-0.25, -0.2) is 9.59 Å². The van der Waals surface area contributed by atoms with Crippen LogP contribution in [-0.2, 0) is 34.7 Å². The number of anilines is 2. The van der Waals surface area contributed by atoms with Crippen LogP contribution >= 0.6 is 0 Å². The second-order valence-electron chi connectivity index (χ2n) is 5.81. The normalized spacial score (nSPS) is 13.6. The lowest BCUT2D eigenvalue weighted by atomic mass is 10.2. The molecular weight excluding hydrogens is 316 g/mol. The molecule has 0 radical (unpaired) electrons. The zero-order valence-corrected chi connectivity index (χ0v) is 13.9. The van der Waals surface area contributed by atoms with Gasteiger partial charge in [0.25, 0.3) is 11.1 Å². The third-order valence-electron chi connectivity index (χ3n) is 4.37. The van der Waals surface area contributed by atoms with Crippen LogP contribution < -0.4 is 32.7 Å². The van der Waals surface area contributed by atoms with Crippen LogP contribution in [0.2, 0.25) is 0 Å². The first-order valence-corrected chi connectivity index (χ1v) is 7.28. The standard InChI is InChI=1S/C14H18N6O4/c1-16-9(5-10(21)17(2)13(16)23)20-6-8-11(15-7-20)18(3)14(24)19(4)12(8)22/h5,15H,6-7H2,1-4H3. The molecular formula is C14H18N6O4. The number of rotatable bonds is 1. The monoisotopic (exact) mass is 334 g/mol. The zero-order chi connectivity index (χ0) is 17.8. The van der Waals surface area contributed by atoms with E-state index < -0.39 is 22.5 Å². The van der Waals surface area contributed by atoms with Crippen LogP contribution in [0.3, 0.4) is 0 Å². The first-order valence-electron chi connectivity index (χ1n) is 7.28. The highest BCUT2D eigenvalue weighted by atomic mass is 16.2. The van der Waals surface area contributed by atoms with Crippen molar-refractivity contribution in [2.24, 2.45) is 28.2 Å². The first-order chi connectivity index (χ1) is 11.2. The molecule has 0 spiro atoms. The Morgan fingerprint density at radius 1 is 0.875 bits per heavy atom. The summed E-state index contributed by atoms with van der Waals surface area (Å²) < 4.78 is 4.77. The minimum absolute atomic E-state index is 0.184. The van der Waals surface area contributed by atoms with Crippen molar-refractivity contribution >= 4 is 11.6 Å². The zero-order valence-electron chi connectivity index (χ0n) is 13.9. The summed E-state index contributed by atoms with van der Waals surface area (Å²) in [7, 11) is 5.96. The Labute approximate surface area is 135 Å². The van der Waals surface area contributed by atoms with Gasteiger partial charge in [-0.2, -0.15) is 0 Å². The van der Waals surface area contributed by atoms with Crippen molar-refractivity contribution in [1.29, 1.82) is 0 Å². The van der Waals surface area contributed by atoms with E-state index >= 15 is 0 Å². The van der Waals surface area contributed by atoms with Gasteiger partial charge in [-0.3, -0.25) is 27.9 Å². The molecule has 2 aromatic rings. The van der Waals surface area contributed by atoms with Crippen molar-refractivity contribution < 1.29 is 0 Å². The summed E-state index contributed by atoms with van der Waals surface area (Å²) in [6.45, 7) is 0.442. The molecule has 0 unspecified atom stereocenters. The van der Waals surface area contributed by atoms with Gasteiger partial charge in [0.05, 0.1) is 18.8 Å². The van der Waals surface area contributed by atoms with Gasteiger partial charge in [0.15, 0.2) is 0 Å². The SMILES string of the molecule is Cn1c(N2CNc3c(c(=O)n(C)c(=O)n3C)C2)cc(=O)n(C)c1=O. The largest absolute Gasteiger partial charge is 0.353 e. The molecule has 0 atom stereocenters. The van der Waals surface area contributed by atoms with Gasteiger partial charge in [0, 0.05) is 34.3 Å². The molecule has 3 heterocycles. The summed E-state index contributed by atoms with van der Waals surface area (Å²) in [6, 6.07) is 1.35. The Balaban J connectivity index is 2.16. The van der Waals surface area contributed by atoms with Gasteiger partial charge in [-0.15, -0.1) is 0 Å². The van der Waals surface area contributed by atoms with Gasteiger partial charge in [-0.1, -0.05) is 0 Å². The molecule has 24 heavy (non-hydrogen) atoms. The molecule has 1 aliphatic rings. The highest BCUT2D eigenvalue weighted by molar-refractivity contribution is 5.53. The molecule has 0 amide bonds. The predicted molar refractivity (Wildman–Crippen MR) is 88.5 cm³/mol. The Hall–Kier alpha value is -3.04. The maximum absolute atomic E-state index is 12.4. The van der Waals surface area contributed by atoms with Crippen LogP contribution in [0, 0.1) is 0 Å². The Morgan fingerprint density at radius 3 is 2.17 bits per heavy atom. The van der Waals surface area contributed by atoms with Crippen molar-refractivity contribution in [3.05, 3.63) is 53.3 Å². The highest BCUT2D eigenvalue weighted by Gasteiger charge is 2.25.